The molecule has 13 N–H and O–H groups in total. The lowest BCUT2D eigenvalue weighted by Crippen LogP contribution is -2.63. The lowest BCUT2D eigenvalue weighted by Gasteiger charge is -2.45. The molecule has 0 aromatic rings. The molecule has 0 spiro atoms. The molecule has 0 saturated carbocycles. The van der Waals surface area contributed by atoms with Crippen LogP contribution in [0.25, 0.3) is 0 Å². The van der Waals surface area contributed by atoms with Crippen molar-refractivity contribution in [1.29, 1.82) is 0 Å². The molecule has 15 nitrogen and oxygen atoms in total. The molecule has 3 heterocycles. The quantitative estimate of drug-likeness (QED) is 0.0969. The minimum atomic E-state index is -1.12. The number of aliphatic hydroxyl groups is 7. The first-order valence-corrected chi connectivity index (χ1v) is 14.0. The van der Waals surface area contributed by atoms with Crippen molar-refractivity contribution < 1.29 is 59.4 Å². The van der Waals surface area contributed by atoms with E-state index in [-0.39, 0.29) is 39.0 Å². The fraction of sp³-hybridized carbons (Fsp3) is 1.00. The maximum absolute atomic E-state index is 10.9. The normalized spacial score (nSPS) is 46.4. The Morgan fingerprint density at radius 1 is 0.500 bits per heavy atom. The van der Waals surface area contributed by atoms with E-state index >= 15 is 0 Å². The monoisotopic (exact) mass is 583 g/mol. The smallest absolute Gasteiger partial charge is 0.0989 e. The van der Waals surface area contributed by atoms with Gasteiger partial charge < -0.3 is 76.6 Å². The second-order valence-corrected chi connectivity index (χ2v) is 11.0. The van der Waals surface area contributed by atoms with Gasteiger partial charge >= 0.3 is 0 Å². The Morgan fingerprint density at radius 3 is 1.20 bits per heavy atom. The van der Waals surface area contributed by atoms with Gasteiger partial charge in [-0.15, -0.1) is 0 Å². The van der Waals surface area contributed by atoms with Crippen LogP contribution >= 0.6 is 0 Å². The molecule has 3 aliphatic heterocycles. The average molecular weight is 584 g/mol. The highest BCUT2D eigenvalue weighted by Gasteiger charge is 2.46. The summed E-state index contributed by atoms with van der Waals surface area (Å²) in [6.45, 7) is 0.214. The number of rotatable bonds is 13. The SMILES string of the molecule is CCC1C(CO)OC(COCC2C(CO)OC(COCC3C(CO)OC(CO)C(N)C3O)C(N)C2O)C(N)C1O. The molecule has 40 heavy (non-hydrogen) atoms. The first kappa shape index (κ1) is 33.9. The summed E-state index contributed by atoms with van der Waals surface area (Å²) in [5.41, 5.74) is 18.4. The summed E-state index contributed by atoms with van der Waals surface area (Å²) in [4.78, 5) is 0. The minimum absolute atomic E-state index is 0.00854. The largest absolute Gasteiger partial charge is 0.394 e. The summed E-state index contributed by atoms with van der Waals surface area (Å²) in [6, 6.07) is -2.48. The number of hydrogen-bond acceptors (Lipinski definition) is 15. The lowest BCUT2D eigenvalue weighted by molar-refractivity contribution is -0.208. The molecule has 15 atom stereocenters. The zero-order chi connectivity index (χ0) is 29.6. The summed E-state index contributed by atoms with van der Waals surface area (Å²) in [6.07, 6.45) is -6.96. The molecule has 3 rings (SSSR count). The molecule has 3 fully saturated rings. The standard InChI is InChI=1S/C25H49N3O12/c1-2-11-14(3-29)39-18(21(27)23(11)33)9-37-8-13-16(5-31)40-19(22(28)25(13)35)10-36-7-12-15(4-30)38-17(6-32)20(26)24(12)34/h11-25,29-35H,2-10,26-28H2,1H3. The van der Waals surface area contributed by atoms with Crippen LogP contribution in [0.2, 0.25) is 0 Å². The third-order valence-corrected chi connectivity index (χ3v) is 8.64. The fourth-order valence-electron chi connectivity index (χ4n) is 5.98. The third-order valence-electron chi connectivity index (χ3n) is 8.64. The highest BCUT2D eigenvalue weighted by molar-refractivity contribution is 4.97. The molecule has 236 valence electrons. The third kappa shape index (κ3) is 7.48. The van der Waals surface area contributed by atoms with E-state index < -0.39 is 105 Å². The maximum Gasteiger partial charge on any atom is 0.0989 e. The Hall–Kier alpha value is -0.600. The Kier molecular flexibility index (Phi) is 13.3. The van der Waals surface area contributed by atoms with Crippen molar-refractivity contribution in [2.24, 2.45) is 35.0 Å². The van der Waals surface area contributed by atoms with Crippen LogP contribution in [0.4, 0.5) is 0 Å². The van der Waals surface area contributed by atoms with E-state index in [0.717, 1.165) is 0 Å². The summed E-state index contributed by atoms with van der Waals surface area (Å²) in [5, 5.41) is 70.7. The highest BCUT2D eigenvalue weighted by atomic mass is 16.6. The van der Waals surface area contributed by atoms with Crippen molar-refractivity contribution in [3.8, 4) is 0 Å². The molecule has 0 amide bonds. The van der Waals surface area contributed by atoms with Gasteiger partial charge in [-0.1, -0.05) is 6.92 Å². The van der Waals surface area contributed by atoms with Gasteiger partial charge in [-0.2, -0.15) is 0 Å². The van der Waals surface area contributed by atoms with Crippen LogP contribution in [0.5, 0.6) is 0 Å². The number of aliphatic hydroxyl groups excluding tert-OH is 7. The topological polar surface area (TPSA) is 266 Å². The molecule has 15 unspecified atom stereocenters. The minimum Gasteiger partial charge on any atom is -0.394 e. The van der Waals surface area contributed by atoms with Gasteiger partial charge in [0.25, 0.3) is 0 Å². The Bertz CT molecular complexity index is 737. The van der Waals surface area contributed by atoms with E-state index in [1.807, 2.05) is 6.92 Å². The van der Waals surface area contributed by atoms with Crippen molar-refractivity contribution in [2.45, 2.75) is 86.4 Å². The summed E-state index contributed by atoms with van der Waals surface area (Å²) < 4.78 is 28.9. The predicted octanol–water partition coefficient (Wildman–Crippen LogP) is -5.39. The molecule has 15 heteroatoms. The van der Waals surface area contributed by atoms with E-state index in [2.05, 4.69) is 0 Å². The van der Waals surface area contributed by atoms with Crippen LogP contribution in [0.1, 0.15) is 13.3 Å². The number of hydrogen-bond donors (Lipinski definition) is 10. The van der Waals surface area contributed by atoms with E-state index in [4.69, 9.17) is 40.9 Å². The zero-order valence-electron chi connectivity index (χ0n) is 22.9. The Labute approximate surface area is 234 Å². The van der Waals surface area contributed by atoms with Gasteiger partial charge in [0, 0.05) is 17.8 Å². The summed E-state index contributed by atoms with van der Waals surface area (Å²) >= 11 is 0. The second kappa shape index (κ2) is 15.7. The van der Waals surface area contributed by atoms with Crippen LogP contribution in [0, 0.1) is 17.8 Å². The van der Waals surface area contributed by atoms with Crippen molar-refractivity contribution in [3.05, 3.63) is 0 Å². The van der Waals surface area contributed by atoms with E-state index in [0.29, 0.717) is 6.42 Å². The van der Waals surface area contributed by atoms with Crippen molar-refractivity contribution in [3.63, 3.8) is 0 Å². The van der Waals surface area contributed by atoms with Gasteiger partial charge in [-0.3, -0.25) is 0 Å². The van der Waals surface area contributed by atoms with Crippen molar-refractivity contribution >= 4 is 0 Å². The second-order valence-electron chi connectivity index (χ2n) is 11.0. The molecule has 0 bridgehead atoms. The fourth-order valence-corrected chi connectivity index (χ4v) is 5.98. The Balaban J connectivity index is 1.51. The van der Waals surface area contributed by atoms with Crippen LogP contribution < -0.4 is 17.2 Å². The van der Waals surface area contributed by atoms with Crippen LogP contribution in [-0.2, 0) is 23.7 Å². The van der Waals surface area contributed by atoms with Gasteiger partial charge in [0.15, 0.2) is 0 Å². The van der Waals surface area contributed by atoms with Crippen molar-refractivity contribution in [1.82, 2.24) is 0 Å². The molecule has 3 aliphatic rings. The van der Waals surface area contributed by atoms with Gasteiger partial charge in [0.1, 0.15) is 0 Å². The Morgan fingerprint density at radius 2 is 0.825 bits per heavy atom. The maximum atomic E-state index is 10.9. The molecule has 0 aromatic heterocycles. The first-order chi connectivity index (χ1) is 19.1. The van der Waals surface area contributed by atoms with Crippen molar-refractivity contribution in [2.75, 3.05) is 52.9 Å². The zero-order valence-corrected chi connectivity index (χ0v) is 22.9. The summed E-state index contributed by atoms with van der Waals surface area (Å²) in [7, 11) is 0. The molecule has 0 radical (unpaired) electrons. The molecule has 0 aromatic carbocycles. The predicted molar refractivity (Wildman–Crippen MR) is 139 cm³/mol. The summed E-state index contributed by atoms with van der Waals surface area (Å²) in [5.74, 6) is -1.65. The van der Waals surface area contributed by atoms with Gasteiger partial charge in [-0.05, 0) is 6.42 Å². The highest BCUT2D eigenvalue weighted by Crippen LogP contribution is 2.30. The van der Waals surface area contributed by atoms with E-state index in [1.165, 1.54) is 0 Å². The molecule has 3 saturated heterocycles. The molecule has 0 aliphatic carbocycles. The number of ether oxygens (including phenoxy) is 5. The van der Waals surface area contributed by atoms with E-state index in [1.54, 1.807) is 0 Å². The van der Waals surface area contributed by atoms with Gasteiger partial charge in [0.2, 0.25) is 0 Å². The van der Waals surface area contributed by atoms with E-state index in [9.17, 15) is 35.7 Å². The van der Waals surface area contributed by atoms with Gasteiger partial charge in [-0.25, -0.2) is 0 Å². The van der Waals surface area contributed by atoms with Crippen LogP contribution in [0.3, 0.4) is 0 Å². The molecular weight excluding hydrogens is 534 g/mol. The first-order valence-electron chi connectivity index (χ1n) is 14.0. The molecular formula is C25H49N3O12. The van der Waals surface area contributed by atoms with Gasteiger partial charge in [0.05, 0.1) is 126 Å². The van der Waals surface area contributed by atoms with Crippen LogP contribution in [-0.4, -0.2) is 162 Å². The average Bonchev–Trinajstić information content (AvgIpc) is 2.96. The van der Waals surface area contributed by atoms with Crippen LogP contribution in [0.15, 0.2) is 0 Å². The lowest BCUT2D eigenvalue weighted by atomic mass is 9.84. The number of nitrogens with two attached hydrogens (primary N) is 3.